The predicted molar refractivity (Wildman–Crippen MR) is 118 cm³/mol. The van der Waals surface area contributed by atoms with Crippen LogP contribution in [0.1, 0.15) is 42.2 Å². The molecule has 0 spiro atoms. The first-order valence-electron chi connectivity index (χ1n) is 10.6. The number of aromatic nitrogens is 2. The summed E-state index contributed by atoms with van der Waals surface area (Å²) in [6.07, 6.45) is 7.83. The van der Waals surface area contributed by atoms with E-state index in [0.29, 0.717) is 5.69 Å². The van der Waals surface area contributed by atoms with E-state index in [1.807, 2.05) is 29.2 Å². The van der Waals surface area contributed by atoms with Crippen molar-refractivity contribution in [3.8, 4) is 0 Å². The average molecular weight is 394 g/mol. The summed E-state index contributed by atoms with van der Waals surface area (Å²) in [6.45, 7) is 7.14. The van der Waals surface area contributed by atoms with Gasteiger partial charge in [0, 0.05) is 39.3 Å². The van der Waals surface area contributed by atoms with Gasteiger partial charge in [-0.2, -0.15) is 0 Å². The van der Waals surface area contributed by atoms with Crippen LogP contribution in [-0.4, -0.2) is 65.2 Å². The third kappa shape index (κ3) is 6.68. The van der Waals surface area contributed by atoms with Crippen molar-refractivity contribution in [2.75, 3.05) is 44.6 Å². The largest absolute Gasteiger partial charge is 0.369 e. The lowest BCUT2D eigenvalue weighted by molar-refractivity contribution is 0.0643. The van der Waals surface area contributed by atoms with Gasteiger partial charge in [-0.1, -0.05) is 62.2 Å². The molecule has 0 saturated carbocycles. The van der Waals surface area contributed by atoms with E-state index < -0.39 is 0 Å². The summed E-state index contributed by atoms with van der Waals surface area (Å²) >= 11 is 0. The molecule has 1 aromatic carbocycles. The Hall–Kier alpha value is -2.73. The van der Waals surface area contributed by atoms with Crippen molar-refractivity contribution in [2.45, 2.75) is 26.2 Å². The number of carbonyl (C=O) groups is 1. The minimum Gasteiger partial charge on any atom is -0.369 e. The van der Waals surface area contributed by atoms with Gasteiger partial charge >= 0.3 is 0 Å². The molecule has 3 rings (SSSR count). The Balaban J connectivity index is 1.42. The maximum atomic E-state index is 12.7. The molecule has 2 aromatic rings. The van der Waals surface area contributed by atoms with E-state index in [1.54, 1.807) is 6.07 Å². The summed E-state index contributed by atoms with van der Waals surface area (Å²) in [5.74, 6) is 0.696. The molecule has 0 atom stereocenters. The third-order valence-corrected chi connectivity index (χ3v) is 5.10. The highest BCUT2D eigenvalue weighted by Crippen LogP contribution is 2.09. The molecule has 1 aromatic heterocycles. The summed E-state index contributed by atoms with van der Waals surface area (Å²) in [6, 6.07) is 13.9. The minimum atomic E-state index is -0.0329. The number of nitrogens with one attached hydrogen (secondary N) is 1. The normalized spacial score (nSPS) is 15.0. The standard InChI is InChI=1S/C23H31N5O/c1-2-3-7-14-24-22-13-12-21(25-26-22)23(29)28-18-16-27(17-19-28)15-8-11-20-9-5-4-6-10-20/h4-6,8-13H,2-3,7,14-19H2,1H3,(H,24,26)/b11-8+. The molecule has 0 aliphatic carbocycles. The topological polar surface area (TPSA) is 61.4 Å². The van der Waals surface area contributed by atoms with E-state index in [0.717, 1.165) is 51.5 Å². The molecule has 1 amide bonds. The van der Waals surface area contributed by atoms with Crippen LogP contribution < -0.4 is 5.32 Å². The first kappa shape index (κ1) is 21.0. The number of piperazine rings is 1. The van der Waals surface area contributed by atoms with E-state index in [-0.39, 0.29) is 5.91 Å². The van der Waals surface area contributed by atoms with Crippen LogP contribution >= 0.6 is 0 Å². The minimum absolute atomic E-state index is 0.0329. The van der Waals surface area contributed by atoms with E-state index in [1.165, 1.54) is 18.4 Å². The number of amides is 1. The lowest BCUT2D eigenvalue weighted by Crippen LogP contribution is -2.48. The number of carbonyl (C=O) groups excluding carboxylic acids is 1. The maximum absolute atomic E-state index is 12.7. The highest BCUT2D eigenvalue weighted by molar-refractivity contribution is 5.92. The van der Waals surface area contributed by atoms with E-state index >= 15 is 0 Å². The molecule has 2 heterocycles. The molecule has 1 fully saturated rings. The molecule has 0 radical (unpaired) electrons. The van der Waals surface area contributed by atoms with Crippen molar-refractivity contribution in [3.05, 3.63) is 59.8 Å². The van der Waals surface area contributed by atoms with Gasteiger partial charge in [0.25, 0.3) is 5.91 Å². The van der Waals surface area contributed by atoms with Crippen LogP contribution in [0.3, 0.4) is 0 Å². The number of benzene rings is 1. The molecular formula is C23H31N5O. The fraction of sp³-hybridized carbons (Fsp3) is 0.435. The average Bonchev–Trinajstić information content (AvgIpc) is 2.78. The van der Waals surface area contributed by atoms with E-state index in [9.17, 15) is 4.79 Å². The second-order valence-corrected chi connectivity index (χ2v) is 7.34. The molecular weight excluding hydrogens is 362 g/mol. The second-order valence-electron chi connectivity index (χ2n) is 7.34. The van der Waals surface area contributed by atoms with Gasteiger partial charge in [-0.15, -0.1) is 10.2 Å². The molecule has 29 heavy (non-hydrogen) atoms. The Morgan fingerprint density at radius 1 is 1.03 bits per heavy atom. The number of hydrogen-bond donors (Lipinski definition) is 1. The maximum Gasteiger partial charge on any atom is 0.274 e. The summed E-state index contributed by atoms with van der Waals surface area (Å²) in [7, 11) is 0. The molecule has 1 aliphatic heterocycles. The van der Waals surface area contributed by atoms with Crippen molar-refractivity contribution in [3.63, 3.8) is 0 Å². The van der Waals surface area contributed by atoms with Gasteiger partial charge in [-0.25, -0.2) is 0 Å². The molecule has 1 saturated heterocycles. The van der Waals surface area contributed by atoms with Crippen LogP contribution in [0.5, 0.6) is 0 Å². The van der Waals surface area contributed by atoms with Crippen molar-refractivity contribution in [2.24, 2.45) is 0 Å². The number of hydrogen-bond acceptors (Lipinski definition) is 5. The van der Waals surface area contributed by atoms with Crippen molar-refractivity contribution in [1.82, 2.24) is 20.0 Å². The first-order chi connectivity index (χ1) is 14.3. The highest BCUT2D eigenvalue weighted by atomic mass is 16.2. The van der Waals surface area contributed by atoms with Gasteiger partial charge in [0.1, 0.15) is 5.82 Å². The van der Waals surface area contributed by atoms with Crippen LogP contribution in [0.15, 0.2) is 48.5 Å². The first-order valence-corrected chi connectivity index (χ1v) is 10.6. The van der Waals surface area contributed by atoms with Crippen LogP contribution in [0, 0.1) is 0 Å². The Morgan fingerprint density at radius 3 is 2.52 bits per heavy atom. The second kappa shape index (κ2) is 11.3. The SMILES string of the molecule is CCCCCNc1ccc(C(=O)N2CCN(C/C=C/c3ccccc3)CC2)nn1. The zero-order valence-electron chi connectivity index (χ0n) is 17.3. The smallest absolute Gasteiger partial charge is 0.274 e. The molecule has 1 N–H and O–H groups in total. The van der Waals surface area contributed by atoms with Crippen LogP contribution in [0.4, 0.5) is 5.82 Å². The van der Waals surface area contributed by atoms with E-state index in [2.05, 4.69) is 51.6 Å². The van der Waals surface area contributed by atoms with Gasteiger partial charge in [0.05, 0.1) is 0 Å². The third-order valence-electron chi connectivity index (χ3n) is 5.10. The molecule has 0 unspecified atom stereocenters. The Kier molecular flexibility index (Phi) is 8.19. The molecule has 0 bridgehead atoms. The van der Waals surface area contributed by atoms with Gasteiger partial charge in [-0.05, 0) is 24.1 Å². The number of unbranched alkanes of at least 4 members (excludes halogenated alkanes) is 2. The fourth-order valence-corrected chi connectivity index (χ4v) is 3.33. The quantitative estimate of drug-likeness (QED) is 0.660. The van der Waals surface area contributed by atoms with Gasteiger partial charge < -0.3 is 10.2 Å². The van der Waals surface area contributed by atoms with Crippen LogP contribution in [0.25, 0.3) is 6.08 Å². The summed E-state index contributed by atoms with van der Waals surface area (Å²) in [4.78, 5) is 16.9. The lowest BCUT2D eigenvalue weighted by atomic mass is 10.2. The highest BCUT2D eigenvalue weighted by Gasteiger charge is 2.22. The lowest BCUT2D eigenvalue weighted by Gasteiger charge is -2.33. The molecule has 6 nitrogen and oxygen atoms in total. The molecule has 154 valence electrons. The van der Waals surface area contributed by atoms with Crippen LogP contribution in [-0.2, 0) is 0 Å². The number of rotatable bonds is 9. The Bertz CT molecular complexity index is 768. The van der Waals surface area contributed by atoms with Crippen molar-refractivity contribution >= 4 is 17.8 Å². The molecule has 6 heteroatoms. The summed E-state index contributed by atoms with van der Waals surface area (Å²) < 4.78 is 0. The van der Waals surface area contributed by atoms with Crippen molar-refractivity contribution < 1.29 is 4.79 Å². The van der Waals surface area contributed by atoms with E-state index in [4.69, 9.17) is 0 Å². The number of nitrogens with zero attached hydrogens (tertiary/aromatic N) is 4. The Morgan fingerprint density at radius 2 is 1.83 bits per heavy atom. The van der Waals surface area contributed by atoms with Gasteiger partial charge in [-0.3, -0.25) is 9.69 Å². The monoisotopic (exact) mass is 393 g/mol. The summed E-state index contributed by atoms with van der Waals surface area (Å²) in [5, 5.41) is 11.5. The fourth-order valence-electron chi connectivity index (χ4n) is 3.33. The van der Waals surface area contributed by atoms with Gasteiger partial charge in [0.2, 0.25) is 0 Å². The van der Waals surface area contributed by atoms with Crippen molar-refractivity contribution in [1.29, 1.82) is 0 Å². The zero-order valence-corrected chi connectivity index (χ0v) is 17.3. The summed E-state index contributed by atoms with van der Waals surface area (Å²) in [5.41, 5.74) is 1.63. The predicted octanol–water partition coefficient (Wildman–Crippen LogP) is 3.55. The molecule has 1 aliphatic rings. The zero-order chi connectivity index (χ0) is 20.3. The van der Waals surface area contributed by atoms with Gasteiger partial charge in [0.15, 0.2) is 5.69 Å². The van der Waals surface area contributed by atoms with Crippen LogP contribution in [0.2, 0.25) is 0 Å². The number of anilines is 1. The Labute approximate surface area is 173 Å².